The highest BCUT2D eigenvalue weighted by Crippen LogP contribution is 2.27. The van der Waals surface area contributed by atoms with Gasteiger partial charge in [0.2, 0.25) is 0 Å². The zero-order valence-corrected chi connectivity index (χ0v) is 15.2. The average Bonchev–Trinajstić information content (AvgIpc) is 2.68. The van der Waals surface area contributed by atoms with Crippen molar-refractivity contribution in [1.82, 2.24) is 15.6 Å². The minimum Gasteiger partial charge on any atom is -0.355 e. The molecule has 27 heavy (non-hydrogen) atoms. The maximum absolute atomic E-state index is 11.8. The molecule has 3 amide bonds. The minimum atomic E-state index is -0.287. The molecule has 2 aromatic carbocycles. The van der Waals surface area contributed by atoms with Crippen molar-refractivity contribution in [2.45, 2.75) is 6.92 Å². The molecule has 0 saturated heterocycles. The van der Waals surface area contributed by atoms with Crippen LogP contribution in [-0.2, 0) is 0 Å². The molecule has 0 fully saturated rings. The first-order chi connectivity index (χ1) is 13.1. The molecule has 0 aliphatic carbocycles. The van der Waals surface area contributed by atoms with Gasteiger partial charge in [-0.05, 0) is 42.6 Å². The number of carbonyl (C=O) groups is 2. The zero-order chi connectivity index (χ0) is 19.2. The van der Waals surface area contributed by atoms with Crippen LogP contribution in [0.2, 0.25) is 0 Å². The van der Waals surface area contributed by atoms with E-state index in [1.54, 1.807) is 25.4 Å². The molecule has 7 heteroatoms. The van der Waals surface area contributed by atoms with Gasteiger partial charge in [-0.25, -0.2) is 9.78 Å². The Balaban J connectivity index is 1.87. The summed E-state index contributed by atoms with van der Waals surface area (Å²) >= 11 is 0. The Kier molecular flexibility index (Phi) is 5.51. The van der Waals surface area contributed by atoms with Crippen molar-refractivity contribution in [3.63, 3.8) is 0 Å². The van der Waals surface area contributed by atoms with E-state index >= 15 is 0 Å². The fraction of sp³-hybridized carbons (Fsp3) is 0.150. The molecule has 0 aliphatic heterocycles. The maximum atomic E-state index is 11.8. The molecule has 1 aromatic heterocycles. The quantitative estimate of drug-likeness (QED) is 0.558. The van der Waals surface area contributed by atoms with E-state index < -0.39 is 0 Å². The third kappa shape index (κ3) is 4.33. The molecule has 7 nitrogen and oxygen atoms in total. The number of hydrogen-bond acceptors (Lipinski definition) is 4. The molecule has 0 saturated carbocycles. The lowest BCUT2D eigenvalue weighted by Gasteiger charge is -2.12. The summed E-state index contributed by atoms with van der Waals surface area (Å²) in [5.41, 5.74) is 2.24. The Morgan fingerprint density at radius 1 is 1.07 bits per heavy atom. The van der Waals surface area contributed by atoms with Gasteiger partial charge in [0, 0.05) is 42.1 Å². The molecule has 0 aliphatic rings. The predicted molar refractivity (Wildman–Crippen MR) is 108 cm³/mol. The molecule has 138 valence electrons. The Hall–Kier alpha value is -3.61. The molecule has 3 rings (SSSR count). The Labute approximate surface area is 157 Å². The number of rotatable bonds is 5. The topological polar surface area (TPSA) is 95.2 Å². The van der Waals surface area contributed by atoms with Crippen LogP contribution < -0.4 is 21.3 Å². The smallest absolute Gasteiger partial charge is 0.320 e. The molecular weight excluding hydrogens is 342 g/mol. The van der Waals surface area contributed by atoms with E-state index in [9.17, 15) is 9.59 Å². The van der Waals surface area contributed by atoms with Crippen molar-refractivity contribution >= 4 is 39.9 Å². The number of hydrogen-bond donors (Lipinski definition) is 4. The number of carbonyl (C=O) groups excluding carboxylic acids is 2. The van der Waals surface area contributed by atoms with Gasteiger partial charge in [0.25, 0.3) is 5.91 Å². The van der Waals surface area contributed by atoms with Crippen LogP contribution in [0.3, 0.4) is 0 Å². The lowest BCUT2D eigenvalue weighted by molar-refractivity contribution is 0.0963. The van der Waals surface area contributed by atoms with E-state index in [4.69, 9.17) is 0 Å². The van der Waals surface area contributed by atoms with Crippen molar-refractivity contribution in [2.24, 2.45) is 0 Å². The van der Waals surface area contributed by atoms with Crippen LogP contribution in [-0.4, -0.2) is 30.5 Å². The number of pyridine rings is 1. The lowest BCUT2D eigenvalue weighted by Crippen LogP contribution is -2.28. The number of anilines is 3. The van der Waals surface area contributed by atoms with Gasteiger partial charge in [0.05, 0.1) is 0 Å². The summed E-state index contributed by atoms with van der Waals surface area (Å²) in [5, 5.41) is 13.2. The molecule has 0 radical (unpaired) electrons. The maximum Gasteiger partial charge on any atom is 0.320 e. The first-order valence-electron chi connectivity index (χ1n) is 8.63. The fourth-order valence-electron chi connectivity index (χ4n) is 2.71. The van der Waals surface area contributed by atoms with E-state index in [1.165, 1.54) is 0 Å². The molecule has 1 heterocycles. The van der Waals surface area contributed by atoms with Gasteiger partial charge in [-0.1, -0.05) is 18.2 Å². The van der Waals surface area contributed by atoms with Gasteiger partial charge in [0.15, 0.2) is 0 Å². The lowest BCUT2D eigenvalue weighted by atomic mass is 10.1. The fourth-order valence-corrected chi connectivity index (χ4v) is 2.71. The van der Waals surface area contributed by atoms with E-state index in [1.807, 2.05) is 43.3 Å². The van der Waals surface area contributed by atoms with Crippen molar-refractivity contribution in [1.29, 1.82) is 0 Å². The van der Waals surface area contributed by atoms with Crippen LogP contribution in [0.5, 0.6) is 0 Å². The summed E-state index contributed by atoms with van der Waals surface area (Å²) in [4.78, 5) is 27.8. The van der Waals surface area contributed by atoms with E-state index in [-0.39, 0.29) is 11.9 Å². The summed E-state index contributed by atoms with van der Waals surface area (Å²) in [6, 6.07) is 14.6. The summed E-state index contributed by atoms with van der Waals surface area (Å²) in [7, 11) is 1.60. The van der Waals surface area contributed by atoms with Crippen molar-refractivity contribution in [3.8, 4) is 0 Å². The molecule has 0 bridgehead atoms. The van der Waals surface area contributed by atoms with Crippen molar-refractivity contribution in [3.05, 3.63) is 60.3 Å². The summed E-state index contributed by atoms with van der Waals surface area (Å²) in [6.07, 6.45) is 1.71. The van der Waals surface area contributed by atoms with Crippen LogP contribution in [0.15, 0.2) is 54.7 Å². The van der Waals surface area contributed by atoms with Crippen LogP contribution in [0.1, 0.15) is 17.3 Å². The number of urea groups is 1. The highest BCUT2D eigenvalue weighted by atomic mass is 16.2. The first kappa shape index (κ1) is 18.2. The van der Waals surface area contributed by atoms with Crippen LogP contribution in [0.25, 0.3) is 10.8 Å². The van der Waals surface area contributed by atoms with Crippen LogP contribution in [0, 0.1) is 0 Å². The number of nitrogens with one attached hydrogen (secondary N) is 4. The second kappa shape index (κ2) is 8.18. The number of aromatic nitrogens is 1. The Morgan fingerprint density at radius 3 is 2.67 bits per heavy atom. The van der Waals surface area contributed by atoms with Crippen LogP contribution >= 0.6 is 0 Å². The number of benzene rings is 2. The summed E-state index contributed by atoms with van der Waals surface area (Å²) in [5.74, 6) is 0.339. The van der Waals surface area contributed by atoms with E-state index in [0.29, 0.717) is 17.9 Å². The molecule has 3 aromatic rings. The van der Waals surface area contributed by atoms with E-state index in [0.717, 1.165) is 22.1 Å². The monoisotopic (exact) mass is 363 g/mol. The second-order valence-electron chi connectivity index (χ2n) is 5.87. The largest absolute Gasteiger partial charge is 0.355 e. The van der Waals surface area contributed by atoms with Gasteiger partial charge < -0.3 is 16.0 Å². The van der Waals surface area contributed by atoms with Gasteiger partial charge in [-0.2, -0.15) is 0 Å². The Morgan fingerprint density at radius 2 is 1.89 bits per heavy atom. The van der Waals surface area contributed by atoms with Gasteiger partial charge in [-0.15, -0.1) is 0 Å². The SMILES string of the molecule is CCNC(=O)Nc1cc2cccc(Nc3cccc(C(=O)NC)c3)c2cn1. The number of fused-ring (bicyclic) bond motifs is 1. The second-order valence-corrected chi connectivity index (χ2v) is 5.87. The van der Waals surface area contributed by atoms with Gasteiger partial charge in [-0.3, -0.25) is 10.1 Å². The zero-order valence-electron chi connectivity index (χ0n) is 15.2. The summed E-state index contributed by atoms with van der Waals surface area (Å²) < 4.78 is 0. The predicted octanol–water partition coefficient (Wildman–Crippen LogP) is 3.48. The number of amides is 3. The molecule has 0 unspecified atom stereocenters. The van der Waals surface area contributed by atoms with Crippen molar-refractivity contribution < 1.29 is 9.59 Å². The highest BCUT2D eigenvalue weighted by Gasteiger charge is 2.08. The average molecular weight is 363 g/mol. The Bertz CT molecular complexity index is 987. The molecule has 0 spiro atoms. The molecular formula is C20H21N5O2. The highest BCUT2D eigenvalue weighted by molar-refractivity contribution is 5.99. The van der Waals surface area contributed by atoms with Gasteiger partial charge >= 0.3 is 6.03 Å². The third-order valence-electron chi connectivity index (χ3n) is 3.97. The van der Waals surface area contributed by atoms with Crippen molar-refractivity contribution in [2.75, 3.05) is 24.2 Å². The molecule has 4 N–H and O–H groups in total. The summed E-state index contributed by atoms with van der Waals surface area (Å²) in [6.45, 7) is 2.40. The number of nitrogens with zero attached hydrogens (tertiary/aromatic N) is 1. The minimum absolute atomic E-state index is 0.140. The third-order valence-corrected chi connectivity index (χ3v) is 3.97. The van der Waals surface area contributed by atoms with E-state index in [2.05, 4.69) is 26.3 Å². The standard InChI is InChI=1S/C20H21N5O2/c1-3-22-20(27)25-18-11-13-6-5-9-17(16(13)12-23-18)24-15-8-4-7-14(10-15)19(26)21-2/h4-12,24H,3H2,1-2H3,(H,21,26)(H2,22,23,25,27). The molecule has 0 atom stereocenters. The van der Waals surface area contributed by atoms with Crippen LogP contribution in [0.4, 0.5) is 22.0 Å². The first-order valence-corrected chi connectivity index (χ1v) is 8.63. The van der Waals surface area contributed by atoms with Gasteiger partial charge in [0.1, 0.15) is 5.82 Å². The normalized spacial score (nSPS) is 10.3.